The van der Waals surface area contributed by atoms with Gasteiger partial charge < -0.3 is 14.4 Å². The molecule has 6 nitrogen and oxygen atoms in total. The third kappa shape index (κ3) is 3.39. The first kappa shape index (κ1) is 14.6. The number of furan rings is 1. The maximum absolute atomic E-state index is 12.1. The average Bonchev–Trinajstić information content (AvgIpc) is 2.98. The molecule has 1 saturated heterocycles. The predicted octanol–water partition coefficient (Wildman–Crippen LogP) is 0.891. The third-order valence-corrected chi connectivity index (χ3v) is 3.76. The Morgan fingerprint density at radius 1 is 1.50 bits per heavy atom. The van der Waals surface area contributed by atoms with E-state index in [2.05, 4.69) is 0 Å². The van der Waals surface area contributed by atoms with Crippen LogP contribution < -0.4 is 0 Å². The van der Waals surface area contributed by atoms with E-state index in [1.54, 1.807) is 24.3 Å². The fourth-order valence-corrected chi connectivity index (χ4v) is 2.55. The van der Waals surface area contributed by atoms with Gasteiger partial charge in [0.1, 0.15) is 5.76 Å². The molecule has 0 radical (unpaired) electrons. The van der Waals surface area contributed by atoms with Crippen LogP contribution in [0.3, 0.4) is 0 Å². The molecule has 1 aromatic rings. The molecule has 1 N–H and O–H groups in total. The highest BCUT2D eigenvalue weighted by atomic mass is 16.4. The highest BCUT2D eigenvalue weighted by molar-refractivity contribution is 5.78. The molecular formula is C14H20N2O4. The minimum absolute atomic E-state index is 0.0281. The molecular weight excluding hydrogens is 260 g/mol. The van der Waals surface area contributed by atoms with Crippen molar-refractivity contribution >= 4 is 11.9 Å². The molecule has 0 saturated carbocycles. The van der Waals surface area contributed by atoms with Gasteiger partial charge in [-0.1, -0.05) is 6.92 Å². The van der Waals surface area contributed by atoms with Crippen LogP contribution in [0.25, 0.3) is 0 Å². The highest BCUT2D eigenvalue weighted by Gasteiger charge is 2.35. The van der Waals surface area contributed by atoms with Gasteiger partial charge in [0.25, 0.3) is 0 Å². The Kier molecular flexibility index (Phi) is 4.44. The Balaban J connectivity index is 1.84. The lowest BCUT2D eigenvalue weighted by atomic mass is 9.99. The van der Waals surface area contributed by atoms with Crippen molar-refractivity contribution in [3.8, 4) is 0 Å². The third-order valence-electron chi connectivity index (χ3n) is 3.76. The van der Waals surface area contributed by atoms with E-state index in [-0.39, 0.29) is 24.3 Å². The summed E-state index contributed by atoms with van der Waals surface area (Å²) < 4.78 is 5.20. The van der Waals surface area contributed by atoms with Crippen molar-refractivity contribution in [2.45, 2.75) is 13.5 Å². The fraction of sp³-hybridized carbons (Fsp3) is 0.571. The number of carbonyl (C=O) groups excluding carboxylic acids is 1. The van der Waals surface area contributed by atoms with Gasteiger partial charge in [-0.15, -0.1) is 0 Å². The average molecular weight is 280 g/mol. The second-order valence-corrected chi connectivity index (χ2v) is 5.45. The number of aliphatic carboxylic acids is 1. The summed E-state index contributed by atoms with van der Waals surface area (Å²) in [6.45, 7) is 3.69. The Hall–Kier alpha value is -1.82. The zero-order valence-electron chi connectivity index (χ0n) is 11.8. The number of hydrogen-bond donors (Lipinski definition) is 1. The van der Waals surface area contributed by atoms with E-state index in [4.69, 9.17) is 9.52 Å². The van der Waals surface area contributed by atoms with Gasteiger partial charge in [-0.3, -0.25) is 14.5 Å². The van der Waals surface area contributed by atoms with E-state index in [1.807, 2.05) is 17.9 Å². The van der Waals surface area contributed by atoms with Crippen LogP contribution in [0.5, 0.6) is 0 Å². The molecule has 2 atom stereocenters. The lowest BCUT2D eigenvalue weighted by molar-refractivity contribution is -0.142. The molecule has 2 unspecified atom stereocenters. The molecule has 1 aliphatic heterocycles. The Morgan fingerprint density at radius 3 is 2.80 bits per heavy atom. The van der Waals surface area contributed by atoms with Gasteiger partial charge in [0.05, 0.1) is 25.3 Å². The van der Waals surface area contributed by atoms with Crippen molar-refractivity contribution in [3.63, 3.8) is 0 Å². The first-order valence-electron chi connectivity index (χ1n) is 6.69. The number of amides is 1. The maximum Gasteiger partial charge on any atom is 0.308 e. The van der Waals surface area contributed by atoms with Gasteiger partial charge in [0, 0.05) is 20.1 Å². The highest BCUT2D eigenvalue weighted by Crippen LogP contribution is 2.22. The monoisotopic (exact) mass is 280 g/mol. The summed E-state index contributed by atoms with van der Waals surface area (Å²) in [5.41, 5.74) is 0. The van der Waals surface area contributed by atoms with E-state index in [1.165, 1.54) is 0 Å². The van der Waals surface area contributed by atoms with Crippen molar-refractivity contribution in [3.05, 3.63) is 24.2 Å². The second-order valence-electron chi connectivity index (χ2n) is 5.45. The van der Waals surface area contributed by atoms with E-state index < -0.39 is 5.97 Å². The molecule has 0 aliphatic carbocycles. The van der Waals surface area contributed by atoms with E-state index >= 15 is 0 Å². The first-order chi connectivity index (χ1) is 9.47. The Labute approximate surface area is 118 Å². The lowest BCUT2D eigenvalue weighted by Crippen LogP contribution is -2.37. The van der Waals surface area contributed by atoms with Crippen molar-refractivity contribution in [1.29, 1.82) is 0 Å². The van der Waals surface area contributed by atoms with Gasteiger partial charge in [-0.05, 0) is 18.1 Å². The summed E-state index contributed by atoms with van der Waals surface area (Å²) >= 11 is 0. The summed E-state index contributed by atoms with van der Waals surface area (Å²) in [6.07, 6.45) is 1.58. The molecule has 6 heteroatoms. The van der Waals surface area contributed by atoms with Gasteiger partial charge in [-0.25, -0.2) is 0 Å². The molecule has 0 aromatic carbocycles. The summed E-state index contributed by atoms with van der Waals surface area (Å²) in [5, 5.41) is 9.08. The van der Waals surface area contributed by atoms with Crippen LogP contribution in [0.2, 0.25) is 0 Å². The normalized spacial score (nSPS) is 22.9. The van der Waals surface area contributed by atoms with Crippen LogP contribution >= 0.6 is 0 Å². The van der Waals surface area contributed by atoms with Crippen LogP contribution in [-0.2, 0) is 16.1 Å². The molecule has 2 rings (SSSR count). The predicted molar refractivity (Wildman–Crippen MR) is 71.9 cm³/mol. The number of hydrogen-bond acceptors (Lipinski definition) is 4. The second kappa shape index (κ2) is 6.09. The fourth-order valence-electron chi connectivity index (χ4n) is 2.55. The number of carbonyl (C=O) groups is 2. The first-order valence-corrected chi connectivity index (χ1v) is 6.69. The molecule has 110 valence electrons. The molecule has 20 heavy (non-hydrogen) atoms. The van der Waals surface area contributed by atoms with E-state index in [0.717, 1.165) is 5.76 Å². The minimum Gasteiger partial charge on any atom is -0.481 e. The molecule has 1 amide bonds. The smallest absolute Gasteiger partial charge is 0.308 e. The number of carboxylic acids is 1. The number of likely N-dealkylation sites (tertiary alicyclic amines) is 1. The summed E-state index contributed by atoms with van der Waals surface area (Å²) in [6, 6.07) is 3.61. The molecule has 1 fully saturated rings. The number of likely N-dealkylation sites (N-methyl/N-ethyl adjacent to an activating group) is 1. The van der Waals surface area contributed by atoms with Gasteiger partial charge in [-0.2, -0.15) is 0 Å². The standard InChI is InChI=1S/C14H20N2O4/c1-10-6-16(8-12(10)14(18)19)9-13(17)15(2)7-11-4-3-5-20-11/h3-5,10,12H,6-9H2,1-2H3,(H,18,19). The van der Waals surface area contributed by atoms with Crippen molar-refractivity contribution in [2.24, 2.45) is 11.8 Å². The Morgan fingerprint density at radius 2 is 2.25 bits per heavy atom. The molecule has 1 aromatic heterocycles. The van der Waals surface area contributed by atoms with E-state index in [9.17, 15) is 9.59 Å². The van der Waals surface area contributed by atoms with Gasteiger partial charge in [0.2, 0.25) is 5.91 Å². The van der Waals surface area contributed by atoms with Crippen LogP contribution in [0, 0.1) is 11.8 Å². The van der Waals surface area contributed by atoms with Crippen LogP contribution in [-0.4, -0.2) is 53.5 Å². The van der Waals surface area contributed by atoms with Crippen molar-refractivity contribution < 1.29 is 19.1 Å². The van der Waals surface area contributed by atoms with Gasteiger partial charge >= 0.3 is 5.97 Å². The van der Waals surface area contributed by atoms with Gasteiger partial charge in [0.15, 0.2) is 0 Å². The van der Waals surface area contributed by atoms with Crippen LogP contribution in [0.1, 0.15) is 12.7 Å². The number of nitrogens with zero attached hydrogens (tertiary/aromatic N) is 2. The molecule has 2 heterocycles. The zero-order valence-corrected chi connectivity index (χ0v) is 11.8. The topological polar surface area (TPSA) is 74.0 Å². The van der Waals surface area contributed by atoms with Crippen LogP contribution in [0.15, 0.2) is 22.8 Å². The lowest BCUT2D eigenvalue weighted by Gasteiger charge is -2.20. The van der Waals surface area contributed by atoms with Crippen molar-refractivity contribution in [2.75, 3.05) is 26.7 Å². The number of carboxylic acid groups (broad SMARTS) is 1. The molecule has 0 bridgehead atoms. The zero-order chi connectivity index (χ0) is 14.7. The Bertz CT molecular complexity index is 472. The summed E-state index contributed by atoms with van der Waals surface area (Å²) in [7, 11) is 1.72. The summed E-state index contributed by atoms with van der Waals surface area (Å²) in [5.74, 6) is -0.371. The molecule has 1 aliphatic rings. The number of rotatable bonds is 5. The SMILES string of the molecule is CC1CN(CC(=O)N(C)Cc2ccco2)CC1C(=O)O. The quantitative estimate of drug-likeness (QED) is 0.867. The van der Waals surface area contributed by atoms with E-state index in [0.29, 0.717) is 19.6 Å². The molecule has 0 spiro atoms. The largest absolute Gasteiger partial charge is 0.481 e. The van der Waals surface area contributed by atoms with Crippen molar-refractivity contribution in [1.82, 2.24) is 9.80 Å². The summed E-state index contributed by atoms with van der Waals surface area (Å²) in [4.78, 5) is 26.7. The maximum atomic E-state index is 12.1. The van der Waals surface area contributed by atoms with Crippen LogP contribution in [0.4, 0.5) is 0 Å². The minimum atomic E-state index is -0.781.